The van der Waals surface area contributed by atoms with E-state index in [4.69, 9.17) is 0 Å². The summed E-state index contributed by atoms with van der Waals surface area (Å²) in [4.78, 5) is 16.3. The van der Waals surface area contributed by atoms with E-state index in [9.17, 15) is 4.79 Å². The van der Waals surface area contributed by atoms with E-state index in [-0.39, 0.29) is 5.91 Å². The number of carbonyl (C=O) groups excluding carboxylic acids is 1. The van der Waals surface area contributed by atoms with Crippen molar-refractivity contribution in [3.05, 3.63) is 45.3 Å². The second kappa shape index (κ2) is 5.44. The molecule has 0 unspecified atom stereocenters. The summed E-state index contributed by atoms with van der Waals surface area (Å²) in [5.74, 6) is 0.282. The third-order valence-electron chi connectivity index (χ3n) is 2.63. The molecular weight excluding hydrogens is 308 g/mol. The highest BCUT2D eigenvalue weighted by Crippen LogP contribution is 2.18. The second-order valence-corrected chi connectivity index (χ2v) is 5.11. The number of aryl methyl sites for hydroxylation is 3. The Morgan fingerprint density at radius 1 is 1.21 bits per heavy atom. The highest BCUT2D eigenvalue weighted by atomic mass is 79.9. The van der Waals surface area contributed by atoms with Crippen LogP contribution in [0, 0.1) is 20.8 Å². The van der Waals surface area contributed by atoms with E-state index in [1.165, 1.54) is 0 Å². The van der Waals surface area contributed by atoms with Gasteiger partial charge >= 0.3 is 0 Å². The fraction of sp³-hybridized carbons (Fsp3) is 0.231. The predicted molar refractivity (Wildman–Crippen MR) is 76.1 cm³/mol. The number of aromatic nitrogens is 3. The Morgan fingerprint density at radius 3 is 2.63 bits per heavy atom. The van der Waals surface area contributed by atoms with Crippen molar-refractivity contribution < 1.29 is 4.79 Å². The maximum atomic E-state index is 12.2. The van der Waals surface area contributed by atoms with Gasteiger partial charge in [-0.1, -0.05) is 0 Å². The Hall–Kier alpha value is -1.82. The normalized spacial score (nSPS) is 10.3. The van der Waals surface area contributed by atoms with Crippen molar-refractivity contribution >= 4 is 27.7 Å². The van der Waals surface area contributed by atoms with Gasteiger partial charge in [0.2, 0.25) is 0 Å². The molecule has 0 bridgehead atoms. The van der Waals surface area contributed by atoms with Crippen LogP contribution in [0.2, 0.25) is 0 Å². The Kier molecular flexibility index (Phi) is 3.90. The molecule has 0 saturated heterocycles. The third kappa shape index (κ3) is 3.14. The van der Waals surface area contributed by atoms with Crippen LogP contribution >= 0.6 is 15.9 Å². The van der Waals surface area contributed by atoms with Gasteiger partial charge in [0.1, 0.15) is 5.82 Å². The lowest BCUT2D eigenvalue weighted by molar-refractivity contribution is 0.102. The van der Waals surface area contributed by atoms with Crippen molar-refractivity contribution in [2.24, 2.45) is 0 Å². The topological polar surface area (TPSA) is 67.8 Å². The molecule has 1 N–H and O–H groups in total. The Morgan fingerprint density at radius 2 is 1.95 bits per heavy atom. The summed E-state index contributed by atoms with van der Waals surface area (Å²) < 4.78 is 0.906. The Labute approximate surface area is 119 Å². The van der Waals surface area contributed by atoms with Crippen LogP contribution in [0.25, 0.3) is 0 Å². The number of pyridine rings is 1. The fourth-order valence-corrected chi connectivity index (χ4v) is 1.79. The SMILES string of the molecule is Cc1cc(C(=O)Nc2cc(C)c(Br)cn2)c(C)nn1. The van der Waals surface area contributed by atoms with Crippen LogP contribution in [0.15, 0.2) is 22.8 Å². The number of rotatable bonds is 2. The minimum absolute atomic E-state index is 0.232. The first-order valence-electron chi connectivity index (χ1n) is 5.72. The lowest BCUT2D eigenvalue weighted by Crippen LogP contribution is -2.16. The third-order valence-corrected chi connectivity index (χ3v) is 3.46. The molecule has 2 aromatic heterocycles. The van der Waals surface area contributed by atoms with Gasteiger partial charge in [-0.3, -0.25) is 4.79 Å². The smallest absolute Gasteiger partial charge is 0.258 e. The van der Waals surface area contributed by atoms with Crippen LogP contribution < -0.4 is 5.32 Å². The molecule has 2 heterocycles. The van der Waals surface area contributed by atoms with Gasteiger partial charge in [-0.25, -0.2) is 4.98 Å². The zero-order valence-electron chi connectivity index (χ0n) is 10.9. The number of halogens is 1. The van der Waals surface area contributed by atoms with E-state index < -0.39 is 0 Å². The summed E-state index contributed by atoms with van der Waals surface area (Å²) in [6, 6.07) is 3.52. The number of hydrogen-bond donors (Lipinski definition) is 1. The molecule has 19 heavy (non-hydrogen) atoms. The maximum Gasteiger partial charge on any atom is 0.258 e. The van der Waals surface area contributed by atoms with Crippen LogP contribution in [0.4, 0.5) is 5.82 Å². The van der Waals surface area contributed by atoms with Crippen molar-refractivity contribution in [2.45, 2.75) is 20.8 Å². The van der Waals surface area contributed by atoms with Crippen molar-refractivity contribution in [1.82, 2.24) is 15.2 Å². The van der Waals surface area contributed by atoms with Crippen molar-refractivity contribution in [3.8, 4) is 0 Å². The molecule has 2 rings (SSSR count). The lowest BCUT2D eigenvalue weighted by atomic mass is 10.2. The van der Waals surface area contributed by atoms with Gasteiger partial charge in [-0.2, -0.15) is 10.2 Å². The Balaban J connectivity index is 2.25. The van der Waals surface area contributed by atoms with E-state index >= 15 is 0 Å². The number of nitrogens with zero attached hydrogens (tertiary/aromatic N) is 3. The Bertz CT molecular complexity index is 643. The summed E-state index contributed by atoms with van der Waals surface area (Å²) in [7, 11) is 0. The molecule has 6 heteroatoms. The van der Waals surface area contributed by atoms with Gasteiger partial charge in [-0.15, -0.1) is 0 Å². The predicted octanol–water partition coefficient (Wildman–Crippen LogP) is 2.81. The van der Waals surface area contributed by atoms with Crippen LogP contribution in [0.3, 0.4) is 0 Å². The van der Waals surface area contributed by atoms with Crippen LogP contribution in [0.1, 0.15) is 27.3 Å². The van der Waals surface area contributed by atoms with E-state index in [0.717, 1.165) is 10.0 Å². The largest absolute Gasteiger partial charge is 0.306 e. The summed E-state index contributed by atoms with van der Waals surface area (Å²) in [5, 5.41) is 10.6. The van der Waals surface area contributed by atoms with E-state index in [1.807, 2.05) is 6.92 Å². The van der Waals surface area contributed by atoms with Crippen LogP contribution in [0.5, 0.6) is 0 Å². The lowest BCUT2D eigenvalue weighted by Gasteiger charge is -2.07. The summed E-state index contributed by atoms with van der Waals surface area (Å²) in [6.45, 7) is 5.48. The zero-order chi connectivity index (χ0) is 14.0. The average Bonchev–Trinajstić information content (AvgIpc) is 2.36. The minimum atomic E-state index is -0.232. The molecule has 0 aliphatic carbocycles. The molecule has 98 valence electrons. The van der Waals surface area contributed by atoms with Gasteiger partial charge in [0.05, 0.1) is 17.0 Å². The molecule has 2 aromatic rings. The monoisotopic (exact) mass is 320 g/mol. The maximum absolute atomic E-state index is 12.2. The molecule has 0 fully saturated rings. The molecule has 5 nitrogen and oxygen atoms in total. The van der Waals surface area contributed by atoms with Crippen molar-refractivity contribution in [1.29, 1.82) is 0 Å². The first-order valence-corrected chi connectivity index (χ1v) is 6.51. The molecule has 0 atom stereocenters. The fourth-order valence-electron chi connectivity index (χ4n) is 1.57. The molecule has 0 aromatic carbocycles. The van der Waals surface area contributed by atoms with E-state index in [0.29, 0.717) is 22.8 Å². The van der Waals surface area contributed by atoms with Crippen molar-refractivity contribution in [3.63, 3.8) is 0 Å². The number of hydrogen-bond acceptors (Lipinski definition) is 4. The van der Waals surface area contributed by atoms with E-state index in [2.05, 4.69) is 36.4 Å². The zero-order valence-corrected chi connectivity index (χ0v) is 12.4. The number of amides is 1. The summed E-state index contributed by atoms with van der Waals surface area (Å²) in [6.07, 6.45) is 1.66. The molecular formula is C13H13BrN4O. The van der Waals surface area contributed by atoms with Gasteiger partial charge in [0.15, 0.2) is 0 Å². The summed E-state index contributed by atoms with van der Waals surface area (Å²) >= 11 is 3.37. The minimum Gasteiger partial charge on any atom is -0.306 e. The molecule has 0 saturated carbocycles. The molecule has 0 radical (unpaired) electrons. The second-order valence-electron chi connectivity index (χ2n) is 4.26. The quantitative estimate of drug-likeness (QED) is 0.923. The highest BCUT2D eigenvalue weighted by Gasteiger charge is 2.12. The molecule has 1 amide bonds. The van der Waals surface area contributed by atoms with Gasteiger partial charge in [-0.05, 0) is 54.4 Å². The van der Waals surface area contributed by atoms with Crippen LogP contribution in [-0.2, 0) is 0 Å². The first kappa shape index (κ1) is 13.6. The number of carbonyl (C=O) groups is 1. The van der Waals surface area contributed by atoms with Crippen molar-refractivity contribution in [2.75, 3.05) is 5.32 Å². The van der Waals surface area contributed by atoms with Gasteiger partial charge in [0, 0.05) is 10.7 Å². The molecule has 0 aliphatic rings. The highest BCUT2D eigenvalue weighted by molar-refractivity contribution is 9.10. The standard InChI is InChI=1S/C13H13BrN4O/c1-7-4-12(15-6-11(7)14)16-13(19)10-5-8(2)17-18-9(10)3/h4-6H,1-3H3,(H,15,16,19). The van der Waals surface area contributed by atoms with Gasteiger partial charge in [0.25, 0.3) is 5.91 Å². The van der Waals surface area contributed by atoms with Gasteiger partial charge < -0.3 is 5.32 Å². The number of anilines is 1. The first-order chi connectivity index (χ1) is 8.97. The van der Waals surface area contributed by atoms with Crippen LogP contribution in [-0.4, -0.2) is 21.1 Å². The van der Waals surface area contributed by atoms with E-state index in [1.54, 1.807) is 32.2 Å². The average molecular weight is 321 g/mol. The molecule has 0 spiro atoms. The molecule has 0 aliphatic heterocycles. The number of nitrogens with one attached hydrogen (secondary N) is 1. The summed E-state index contributed by atoms with van der Waals surface area (Å²) in [5.41, 5.74) is 2.81.